The van der Waals surface area contributed by atoms with E-state index in [1.807, 2.05) is 18.2 Å². The van der Waals surface area contributed by atoms with E-state index in [4.69, 9.17) is 4.98 Å². The molecule has 1 aliphatic rings. The second-order valence-corrected chi connectivity index (χ2v) is 5.53. The molecule has 0 radical (unpaired) electrons. The number of carbonyl (C=O) groups excluding carboxylic acids is 1. The highest BCUT2D eigenvalue weighted by molar-refractivity contribution is 6.03. The van der Waals surface area contributed by atoms with Gasteiger partial charge in [-0.25, -0.2) is 4.98 Å². The monoisotopic (exact) mass is 296 g/mol. The number of fused-ring (bicyclic) bond motifs is 3. The van der Waals surface area contributed by atoms with Gasteiger partial charge in [-0.05, 0) is 31.0 Å². The molecule has 4 rings (SSSR count). The van der Waals surface area contributed by atoms with E-state index in [1.54, 1.807) is 0 Å². The molecular weight excluding hydrogens is 280 g/mol. The zero-order valence-electron chi connectivity index (χ0n) is 12.1. The Morgan fingerprint density at radius 1 is 1.23 bits per heavy atom. The highest BCUT2D eigenvalue weighted by Crippen LogP contribution is 2.24. The van der Waals surface area contributed by atoms with Gasteiger partial charge in [0.2, 0.25) is 0 Å². The maximum atomic E-state index is 12.0. The Balaban J connectivity index is 1.65. The highest BCUT2D eigenvalue weighted by Gasteiger charge is 2.15. The molecule has 1 aliphatic heterocycles. The van der Waals surface area contributed by atoms with E-state index in [-0.39, 0.29) is 11.6 Å². The zero-order valence-corrected chi connectivity index (χ0v) is 12.1. The molecule has 1 N–H and O–H groups in total. The molecular formula is C16H16N4O2. The highest BCUT2D eigenvalue weighted by atomic mass is 16.5. The molecule has 0 aliphatic carbocycles. The van der Waals surface area contributed by atoms with Gasteiger partial charge in [-0.3, -0.25) is 4.79 Å². The molecule has 1 amide bonds. The number of nitrogens with zero attached hydrogens (tertiary/aromatic N) is 3. The zero-order chi connectivity index (χ0) is 14.9. The predicted molar refractivity (Wildman–Crippen MR) is 81.7 cm³/mol. The van der Waals surface area contributed by atoms with Crippen molar-refractivity contribution in [3.05, 3.63) is 42.0 Å². The van der Waals surface area contributed by atoms with Crippen molar-refractivity contribution in [3.63, 3.8) is 0 Å². The van der Waals surface area contributed by atoms with E-state index < -0.39 is 0 Å². The average molecular weight is 296 g/mol. The first-order valence-corrected chi connectivity index (χ1v) is 7.52. The van der Waals surface area contributed by atoms with Crippen molar-refractivity contribution in [2.45, 2.75) is 32.2 Å². The number of hydrogen-bond acceptors (Lipinski definition) is 4. The Morgan fingerprint density at radius 2 is 2.18 bits per heavy atom. The lowest BCUT2D eigenvalue weighted by Gasteiger charge is -2.05. The predicted octanol–water partition coefficient (Wildman–Crippen LogP) is 3.00. The molecule has 6 nitrogen and oxygen atoms in total. The summed E-state index contributed by atoms with van der Waals surface area (Å²) in [5.74, 6) is 0.862. The molecule has 6 heteroatoms. The second kappa shape index (κ2) is 5.29. The van der Waals surface area contributed by atoms with Crippen molar-refractivity contribution in [1.29, 1.82) is 0 Å². The van der Waals surface area contributed by atoms with E-state index in [0.29, 0.717) is 5.69 Å². The van der Waals surface area contributed by atoms with Gasteiger partial charge in [0.25, 0.3) is 5.91 Å². The minimum Gasteiger partial charge on any atom is -0.364 e. The van der Waals surface area contributed by atoms with Crippen molar-refractivity contribution in [2.75, 3.05) is 5.32 Å². The molecule has 112 valence electrons. The van der Waals surface area contributed by atoms with Crippen molar-refractivity contribution in [3.8, 4) is 0 Å². The largest absolute Gasteiger partial charge is 0.364 e. The van der Waals surface area contributed by atoms with Crippen LogP contribution in [0.15, 0.2) is 35.1 Å². The number of imidazole rings is 1. The summed E-state index contributed by atoms with van der Waals surface area (Å²) in [6.45, 7) is 1.02. The van der Waals surface area contributed by atoms with Crippen LogP contribution in [0.4, 0.5) is 5.69 Å². The van der Waals surface area contributed by atoms with Crippen LogP contribution in [0.1, 0.15) is 35.6 Å². The van der Waals surface area contributed by atoms with Crippen LogP contribution in [0.25, 0.3) is 11.0 Å². The third-order valence-corrected chi connectivity index (χ3v) is 4.04. The minimum absolute atomic E-state index is 0.265. The van der Waals surface area contributed by atoms with Crippen molar-refractivity contribution >= 4 is 22.6 Å². The minimum atomic E-state index is -0.283. The fourth-order valence-electron chi connectivity index (χ4n) is 2.95. The Kier molecular flexibility index (Phi) is 3.14. The van der Waals surface area contributed by atoms with Gasteiger partial charge in [0.05, 0.1) is 11.0 Å². The van der Waals surface area contributed by atoms with Crippen molar-refractivity contribution < 1.29 is 9.32 Å². The van der Waals surface area contributed by atoms with Gasteiger partial charge >= 0.3 is 0 Å². The molecule has 0 atom stereocenters. The first-order valence-electron chi connectivity index (χ1n) is 7.52. The molecule has 3 heterocycles. The molecule has 0 bridgehead atoms. The SMILES string of the molecule is O=C(Nc1ccc2c(c1)nc1n2CCCCC1)c1ccon1. The van der Waals surface area contributed by atoms with Crippen LogP contribution < -0.4 is 5.32 Å². The summed E-state index contributed by atoms with van der Waals surface area (Å²) >= 11 is 0. The molecule has 22 heavy (non-hydrogen) atoms. The summed E-state index contributed by atoms with van der Waals surface area (Å²) in [5, 5.41) is 6.45. The van der Waals surface area contributed by atoms with Crippen LogP contribution in [-0.2, 0) is 13.0 Å². The maximum Gasteiger partial charge on any atom is 0.277 e. The average Bonchev–Trinajstić information content (AvgIpc) is 3.10. The van der Waals surface area contributed by atoms with Crippen LogP contribution in [0, 0.1) is 0 Å². The topological polar surface area (TPSA) is 73.0 Å². The van der Waals surface area contributed by atoms with E-state index in [2.05, 4.69) is 19.6 Å². The number of anilines is 1. The summed E-state index contributed by atoms with van der Waals surface area (Å²) in [4.78, 5) is 16.7. The van der Waals surface area contributed by atoms with Crippen LogP contribution in [0.2, 0.25) is 0 Å². The molecule has 0 saturated carbocycles. The summed E-state index contributed by atoms with van der Waals surface area (Å²) in [6, 6.07) is 7.37. The van der Waals surface area contributed by atoms with E-state index in [9.17, 15) is 4.79 Å². The number of amides is 1. The lowest BCUT2D eigenvalue weighted by atomic mass is 10.2. The fraction of sp³-hybridized carbons (Fsp3) is 0.312. The molecule has 0 saturated heterocycles. The quantitative estimate of drug-likeness (QED) is 0.789. The third-order valence-electron chi connectivity index (χ3n) is 4.04. The van der Waals surface area contributed by atoms with Gasteiger partial charge < -0.3 is 14.4 Å². The normalized spacial score (nSPS) is 14.5. The van der Waals surface area contributed by atoms with Crippen molar-refractivity contribution in [1.82, 2.24) is 14.7 Å². The van der Waals surface area contributed by atoms with Crippen molar-refractivity contribution in [2.24, 2.45) is 0 Å². The van der Waals surface area contributed by atoms with Crippen LogP contribution in [-0.4, -0.2) is 20.6 Å². The van der Waals surface area contributed by atoms with E-state index in [0.717, 1.165) is 29.8 Å². The smallest absolute Gasteiger partial charge is 0.277 e. The standard InChI is InChI=1S/C16H16N4O2/c21-16(12-7-9-22-19-12)17-11-5-6-14-13(10-11)18-15-4-2-1-3-8-20(14)15/h5-7,9-10H,1-4,8H2,(H,17,21). The van der Waals surface area contributed by atoms with Gasteiger partial charge in [-0.1, -0.05) is 11.6 Å². The van der Waals surface area contributed by atoms with E-state index >= 15 is 0 Å². The summed E-state index contributed by atoms with van der Waals surface area (Å²) in [7, 11) is 0. The van der Waals surface area contributed by atoms with Gasteiger partial charge in [0.15, 0.2) is 5.69 Å². The van der Waals surface area contributed by atoms with Gasteiger partial charge in [0, 0.05) is 24.7 Å². The number of nitrogens with one attached hydrogen (secondary N) is 1. The first kappa shape index (κ1) is 13.1. The number of aromatic nitrogens is 3. The Bertz CT molecular complexity index is 820. The number of carbonyl (C=O) groups is 1. The maximum absolute atomic E-state index is 12.0. The molecule has 1 aromatic carbocycles. The van der Waals surface area contributed by atoms with Crippen LogP contribution in [0.3, 0.4) is 0 Å². The molecule has 2 aromatic heterocycles. The summed E-state index contributed by atoms with van der Waals surface area (Å²) < 4.78 is 6.98. The molecule has 0 unspecified atom stereocenters. The van der Waals surface area contributed by atoms with Gasteiger partial charge in [-0.15, -0.1) is 0 Å². The molecule has 3 aromatic rings. The lowest BCUT2D eigenvalue weighted by molar-refractivity contribution is 0.101. The van der Waals surface area contributed by atoms with Crippen LogP contribution in [0.5, 0.6) is 0 Å². The fourth-order valence-corrected chi connectivity index (χ4v) is 2.95. The first-order chi connectivity index (χ1) is 10.8. The number of hydrogen-bond donors (Lipinski definition) is 1. The van der Waals surface area contributed by atoms with Crippen LogP contribution >= 0.6 is 0 Å². The summed E-state index contributed by atoms with van der Waals surface area (Å²) in [6.07, 6.45) is 6.05. The Labute approximate surface area is 127 Å². The van der Waals surface area contributed by atoms with Gasteiger partial charge in [-0.2, -0.15) is 0 Å². The molecule has 0 spiro atoms. The van der Waals surface area contributed by atoms with E-state index in [1.165, 1.54) is 31.6 Å². The summed E-state index contributed by atoms with van der Waals surface area (Å²) in [5.41, 5.74) is 3.04. The number of aryl methyl sites for hydroxylation is 2. The third kappa shape index (κ3) is 2.26. The molecule has 0 fully saturated rings. The van der Waals surface area contributed by atoms with Gasteiger partial charge in [0.1, 0.15) is 12.1 Å². The second-order valence-electron chi connectivity index (χ2n) is 5.53. The number of benzene rings is 1. The lowest BCUT2D eigenvalue weighted by Crippen LogP contribution is -2.12. The number of rotatable bonds is 2. The Hall–Kier alpha value is -2.63. The Morgan fingerprint density at radius 3 is 3.05 bits per heavy atom.